The SMILES string of the molecule is COC(=O)c1cc(F)c(O)nc1Nc1ccc(F)cc1. The number of anilines is 2. The third kappa shape index (κ3) is 2.82. The Hall–Kier alpha value is -2.70. The van der Waals surface area contributed by atoms with E-state index in [0.717, 1.165) is 13.2 Å². The number of hydrogen-bond donors (Lipinski definition) is 2. The van der Waals surface area contributed by atoms with Crippen LogP contribution in [0.1, 0.15) is 10.4 Å². The minimum absolute atomic E-state index is 0.0950. The number of esters is 1. The van der Waals surface area contributed by atoms with E-state index >= 15 is 0 Å². The standard InChI is InChI=1S/C13H10F2N2O3/c1-20-13(19)9-6-10(15)12(18)17-11(9)16-8-4-2-7(14)3-5-8/h2-6H,1H3,(H2,16,17,18). The molecule has 0 saturated carbocycles. The van der Waals surface area contributed by atoms with Gasteiger partial charge in [0.05, 0.1) is 7.11 Å². The molecule has 0 atom stereocenters. The zero-order chi connectivity index (χ0) is 14.7. The Labute approximate surface area is 112 Å². The number of rotatable bonds is 3. The number of carbonyl (C=O) groups is 1. The summed E-state index contributed by atoms with van der Waals surface area (Å²) < 4.78 is 30.5. The van der Waals surface area contributed by atoms with Crippen LogP contribution in [0.5, 0.6) is 5.88 Å². The van der Waals surface area contributed by atoms with Crippen LogP contribution in [0, 0.1) is 11.6 Å². The molecule has 20 heavy (non-hydrogen) atoms. The lowest BCUT2D eigenvalue weighted by Crippen LogP contribution is -2.08. The molecule has 0 fully saturated rings. The lowest BCUT2D eigenvalue weighted by molar-refractivity contribution is 0.0601. The van der Waals surface area contributed by atoms with Gasteiger partial charge in [0.1, 0.15) is 17.2 Å². The van der Waals surface area contributed by atoms with Crippen molar-refractivity contribution in [3.63, 3.8) is 0 Å². The first-order valence-electron chi connectivity index (χ1n) is 5.51. The van der Waals surface area contributed by atoms with E-state index in [1.165, 1.54) is 24.3 Å². The molecule has 0 spiro atoms. The summed E-state index contributed by atoms with van der Waals surface area (Å²) in [5.41, 5.74) is 0.224. The highest BCUT2D eigenvalue weighted by atomic mass is 19.1. The molecule has 5 nitrogen and oxygen atoms in total. The van der Waals surface area contributed by atoms with Crippen LogP contribution in [-0.2, 0) is 4.74 Å². The number of hydrogen-bond acceptors (Lipinski definition) is 5. The first-order valence-corrected chi connectivity index (χ1v) is 5.51. The first-order chi connectivity index (χ1) is 9.51. The second-order valence-electron chi connectivity index (χ2n) is 3.81. The lowest BCUT2D eigenvalue weighted by atomic mass is 10.2. The molecule has 2 rings (SSSR count). The van der Waals surface area contributed by atoms with E-state index in [0.29, 0.717) is 5.69 Å². The van der Waals surface area contributed by atoms with Gasteiger partial charge in [-0.1, -0.05) is 0 Å². The Balaban J connectivity index is 2.41. The van der Waals surface area contributed by atoms with Crippen LogP contribution < -0.4 is 5.32 Å². The smallest absolute Gasteiger partial charge is 0.341 e. The minimum Gasteiger partial charge on any atom is -0.491 e. The van der Waals surface area contributed by atoms with Crippen molar-refractivity contribution >= 4 is 17.5 Å². The molecule has 1 heterocycles. The Morgan fingerprint density at radius 2 is 1.95 bits per heavy atom. The summed E-state index contributed by atoms with van der Waals surface area (Å²) in [6.45, 7) is 0. The van der Waals surface area contributed by atoms with Crippen LogP contribution >= 0.6 is 0 Å². The van der Waals surface area contributed by atoms with Crippen molar-refractivity contribution in [1.29, 1.82) is 0 Å². The number of pyridine rings is 1. The summed E-state index contributed by atoms with van der Waals surface area (Å²) in [4.78, 5) is 15.1. The van der Waals surface area contributed by atoms with Crippen molar-refractivity contribution < 1.29 is 23.4 Å². The number of aromatic nitrogens is 1. The van der Waals surface area contributed by atoms with E-state index in [4.69, 9.17) is 0 Å². The number of nitrogens with one attached hydrogen (secondary N) is 1. The zero-order valence-electron chi connectivity index (χ0n) is 10.4. The van der Waals surface area contributed by atoms with Crippen molar-refractivity contribution in [2.75, 3.05) is 12.4 Å². The lowest BCUT2D eigenvalue weighted by Gasteiger charge is -2.10. The van der Waals surface area contributed by atoms with E-state index in [2.05, 4.69) is 15.0 Å². The highest BCUT2D eigenvalue weighted by molar-refractivity contribution is 5.95. The third-order valence-corrected chi connectivity index (χ3v) is 2.47. The van der Waals surface area contributed by atoms with Crippen LogP contribution in [0.15, 0.2) is 30.3 Å². The van der Waals surface area contributed by atoms with Gasteiger partial charge in [0.25, 0.3) is 0 Å². The molecule has 7 heteroatoms. The van der Waals surface area contributed by atoms with Gasteiger partial charge in [0.15, 0.2) is 5.82 Å². The maximum absolute atomic E-state index is 13.2. The molecule has 0 amide bonds. The second-order valence-corrected chi connectivity index (χ2v) is 3.81. The number of methoxy groups -OCH3 is 1. The molecule has 2 N–H and O–H groups in total. The molecule has 0 saturated heterocycles. The predicted molar refractivity (Wildman–Crippen MR) is 66.9 cm³/mol. The minimum atomic E-state index is -1.05. The summed E-state index contributed by atoms with van der Waals surface area (Å²) in [5, 5.41) is 11.9. The second kappa shape index (κ2) is 5.52. The summed E-state index contributed by atoms with van der Waals surface area (Å²) in [7, 11) is 1.13. The number of carbonyl (C=O) groups excluding carboxylic acids is 1. The fraction of sp³-hybridized carbons (Fsp3) is 0.0769. The predicted octanol–water partition coefficient (Wildman–Crippen LogP) is 2.60. The third-order valence-electron chi connectivity index (χ3n) is 2.47. The van der Waals surface area contributed by atoms with Crippen LogP contribution in [0.4, 0.5) is 20.3 Å². The van der Waals surface area contributed by atoms with Crippen molar-refractivity contribution in [1.82, 2.24) is 4.98 Å². The number of benzene rings is 1. The summed E-state index contributed by atoms with van der Waals surface area (Å²) in [6, 6.07) is 6.00. The molecular weight excluding hydrogens is 270 g/mol. The zero-order valence-corrected chi connectivity index (χ0v) is 10.4. The average Bonchev–Trinajstić information content (AvgIpc) is 2.44. The summed E-state index contributed by atoms with van der Waals surface area (Å²) >= 11 is 0. The molecule has 0 radical (unpaired) electrons. The van der Waals surface area contributed by atoms with E-state index in [1.807, 2.05) is 0 Å². The van der Waals surface area contributed by atoms with Gasteiger partial charge in [-0.3, -0.25) is 0 Å². The Morgan fingerprint density at radius 3 is 2.55 bits per heavy atom. The summed E-state index contributed by atoms with van der Waals surface area (Å²) in [6.07, 6.45) is 0. The molecule has 1 aromatic carbocycles. The molecular formula is C13H10F2N2O3. The van der Waals surface area contributed by atoms with Gasteiger partial charge in [-0.25, -0.2) is 13.6 Å². The first kappa shape index (κ1) is 13.7. The number of halogens is 2. The van der Waals surface area contributed by atoms with Crippen LogP contribution in [-0.4, -0.2) is 23.2 Å². The molecule has 0 aliphatic rings. The summed E-state index contributed by atoms with van der Waals surface area (Å²) in [5.74, 6) is -3.25. The quantitative estimate of drug-likeness (QED) is 0.845. The van der Waals surface area contributed by atoms with Crippen molar-refractivity contribution in [3.05, 3.63) is 47.5 Å². The van der Waals surface area contributed by atoms with Crippen LogP contribution in [0.25, 0.3) is 0 Å². The van der Waals surface area contributed by atoms with Gasteiger partial charge < -0.3 is 15.2 Å². The fourth-order valence-corrected chi connectivity index (χ4v) is 1.51. The van der Waals surface area contributed by atoms with Crippen molar-refractivity contribution in [2.45, 2.75) is 0 Å². The van der Waals surface area contributed by atoms with E-state index in [-0.39, 0.29) is 11.4 Å². The number of nitrogens with zero attached hydrogens (tertiary/aromatic N) is 1. The average molecular weight is 280 g/mol. The molecule has 0 aliphatic carbocycles. The van der Waals surface area contributed by atoms with E-state index < -0.39 is 23.5 Å². The highest BCUT2D eigenvalue weighted by Gasteiger charge is 2.18. The van der Waals surface area contributed by atoms with Crippen LogP contribution in [0.3, 0.4) is 0 Å². The highest BCUT2D eigenvalue weighted by Crippen LogP contribution is 2.24. The van der Waals surface area contributed by atoms with Crippen molar-refractivity contribution in [2.24, 2.45) is 0 Å². The fourth-order valence-electron chi connectivity index (χ4n) is 1.51. The van der Waals surface area contributed by atoms with Gasteiger partial charge in [-0.15, -0.1) is 0 Å². The Bertz CT molecular complexity index is 645. The molecule has 104 valence electrons. The monoisotopic (exact) mass is 280 g/mol. The van der Waals surface area contributed by atoms with Gasteiger partial charge >= 0.3 is 5.97 Å². The van der Waals surface area contributed by atoms with E-state index in [1.54, 1.807) is 0 Å². The van der Waals surface area contributed by atoms with Crippen molar-refractivity contribution in [3.8, 4) is 5.88 Å². The van der Waals surface area contributed by atoms with Gasteiger partial charge in [-0.2, -0.15) is 4.98 Å². The van der Waals surface area contributed by atoms with E-state index in [9.17, 15) is 18.7 Å². The van der Waals surface area contributed by atoms with Gasteiger partial charge in [-0.05, 0) is 30.3 Å². The Morgan fingerprint density at radius 1 is 1.30 bits per heavy atom. The topological polar surface area (TPSA) is 71.5 Å². The molecule has 1 aromatic heterocycles. The maximum Gasteiger partial charge on any atom is 0.341 e. The molecule has 0 bridgehead atoms. The number of ether oxygens (including phenoxy) is 1. The molecule has 0 aliphatic heterocycles. The molecule has 2 aromatic rings. The largest absolute Gasteiger partial charge is 0.491 e. The maximum atomic E-state index is 13.2. The normalized spacial score (nSPS) is 10.2. The molecule has 0 unspecified atom stereocenters. The van der Waals surface area contributed by atoms with Gasteiger partial charge in [0, 0.05) is 5.69 Å². The number of aromatic hydroxyl groups is 1. The van der Waals surface area contributed by atoms with Crippen LogP contribution in [0.2, 0.25) is 0 Å². The van der Waals surface area contributed by atoms with Gasteiger partial charge in [0.2, 0.25) is 5.88 Å². The Kier molecular flexibility index (Phi) is 3.79.